The van der Waals surface area contributed by atoms with Crippen LogP contribution in [-0.4, -0.2) is 37.0 Å². The summed E-state index contributed by atoms with van der Waals surface area (Å²) >= 11 is 4.23. The number of hydrogen-bond acceptors (Lipinski definition) is 5. The molecule has 0 radical (unpaired) electrons. The van der Waals surface area contributed by atoms with E-state index in [1.54, 1.807) is 13.2 Å². The lowest BCUT2D eigenvalue weighted by Crippen LogP contribution is -2.40. The second-order valence-corrected chi connectivity index (χ2v) is 7.95. The molecule has 0 amide bonds. The standard InChI is InChI=1S/C19H15BrF3N3O3S/c1-3-19(30-2,18(27)28)29-17-15(20)16(10-6-12(22)9-24-8-10)26(25-17)14-7-11(21)4-5-13(14)23/h4-9H,3H2,1-2H3,(H,27,28). The average Bonchev–Trinajstić information content (AvgIpc) is 3.03. The van der Waals surface area contributed by atoms with Gasteiger partial charge in [-0.3, -0.25) is 4.98 Å². The first-order valence-corrected chi connectivity index (χ1v) is 10.6. The van der Waals surface area contributed by atoms with Crippen molar-refractivity contribution < 1.29 is 27.8 Å². The third-order valence-corrected chi connectivity index (χ3v) is 6.22. The van der Waals surface area contributed by atoms with Crippen LogP contribution in [0.1, 0.15) is 13.3 Å². The maximum atomic E-state index is 14.5. The number of thioether (sulfide) groups is 1. The smallest absolute Gasteiger partial charge is 0.358 e. The molecule has 0 bridgehead atoms. The number of ether oxygens (including phenoxy) is 1. The van der Waals surface area contributed by atoms with E-state index in [1.165, 1.54) is 6.20 Å². The Labute approximate surface area is 182 Å². The van der Waals surface area contributed by atoms with Crippen LogP contribution in [0.15, 0.2) is 41.1 Å². The quantitative estimate of drug-likeness (QED) is 0.456. The molecule has 30 heavy (non-hydrogen) atoms. The van der Waals surface area contributed by atoms with Crippen LogP contribution in [0.5, 0.6) is 5.88 Å². The Morgan fingerprint density at radius 1 is 1.27 bits per heavy atom. The first-order chi connectivity index (χ1) is 14.2. The van der Waals surface area contributed by atoms with Crippen molar-refractivity contribution in [2.24, 2.45) is 0 Å². The van der Waals surface area contributed by atoms with Gasteiger partial charge in [-0.05, 0) is 40.4 Å². The summed E-state index contributed by atoms with van der Waals surface area (Å²) in [6.45, 7) is 1.62. The fourth-order valence-corrected chi connectivity index (χ4v) is 3.94. The van der Waals surface area contributed by atoms with Crippen LogP contribution in [0.2, 0.25) is 0 Å². The van der Waals surface area contributed by atoms with E-state index in [9.17, 15) is 23.1 Å². The van der Waals surface area contributed by atoms with Gasteiger partial charge in [0.15, 0.2) is 0 Å². The van der Waals surface area contributed by atoms with E-state index in [0.29, 0.717) is 0 Å². The number of aromatic nitrogens is 3. The molecule has 6 nitrogen and oxygen atoms in total. The van der Waals surface area contributed by atoms with Crippen molar-refractivity contribution in [1.29, 1.82) is 0 Å². The number of benzene rings is 1. The highest BCUT2D eigenvalue weighted by Gasteiger charge is 2.40. The fourth-order valence-electron chi connectivity index (χ4n) is 2.75. The lowest BCUT2D eigenvalue weighted by Gasteiger charge is -2.25. The van der Waals surface area contributed by atoms with Gasteiger partial charge in [0.05, 0.1) is 11.9 Å². The molecule has 1 atom stereocenters. The fraction of sp³-hybridized carbons (Fsp3) is 0.211. The molecule has 0 aliphatic carbocycles. The maximum Gasteiger partial charge on any atom is 0.358 e. The summed E-state index contributed by atoms with van der Waals surface area (Å²) < 4.78 is 49.0. The molecule has 0 spiro atoms. The van der Waals surface area contributed by atoms with Crippen molar-refractivity contribution in [2.45, 2.75) is 18.3 Å². The zero-order chi connectivity index (χ0) is 22.1. The highest BCUT2D eigenvalue weighted by Crippen LogP contribution is 2.41. The van der Waals surface area contributed by atoms with Gasteiger partial charge in [-0.15, -0.1) is 16.9 Å². The molecule has 2 aromatic heterocycles. The molecule has 1 N–H and O–H groups in total. The van der Waals surface area contributed by atoms with Crippen molar-refractivity contribution in [3.05, 3.63) is 58.6 Å². The van der Waals surface area contributed by atoms with Gasteiger partial charge in [0.1, 0.15) is 27.6 Å². The lowest BCUT2D eigenvalue weighted by atomic mass is 10.2. The van der Waals surface area contributed by atoms with Crippen molar-refractivity contribution in [2.75, 3.05) is 6.26 Å². The second-order valence-electron chi connectivity index (χ2n) is 6.08. The summed E-state index contributed by atoms with van der Waals surface area (Å²) in [6, 6.07) is 3.90. The molecule has 11 heteroatoms. The minimum absolute atomic E-state index is 0.0913. The van der Waals surface area contributed by atoms with Crippen molar-refractivity contribution in [3.63, 3.8) is 0 Å². The van der Waals surface area contributed by atoms with Gasteiger partial charge in [-0.25, -0.2) is 22.6 Å². The number of rotatable bonds is 7. The molecule has 3 rings (SSSR count). The largest absolute Gasteiger partial charge is 0.478 e. The molecule has 0 aliphatic rings. The SMILES string of the molecule is CCC(Oc1nn(-c2cc(F)ccc2F)c(-c2cncc(F)c2)c1Br)(SC)C(=O)O. The molecule has 1 aromatic carbocycles. The molecular formula is C19H15BrF3N3O3S. The molecule has 3 aromatic rings. The topological polar surface area (TPSA) is 77.2 Å². The number of nitrogens with zero attached hydrogens (tertiary/aromatic N) is 3. The van der Waals surface area contributed by atoms with Crippen LogP contribution in [0.25, 0.3) is 16.9 Å². The second kappa shape index (κ2) is 8.68. The Bertz CT molecular complexity index is 1110. The van der Waals surface area contributed by atoms with Gasteiger partial charge in [-0.2, -0.15) is 0 Å². The van der Waals surface area contributed by atoms with Gasteiger partial charge >= 0.3 is 5.97 Å². The summed E-state index contributed by atoms with van der Waals surface area (Å²) in [4.78, 5) is 13.9. The molecule has 2 heterocycles. The number of carboxylic acids is 1. The molecule has 0 aliphatic heterocycles. The Balaban J connectivity index is 2.27. The van der Waals surface area contributed by atoms with E-state index < -0.39 is 28.4 Å². The van der Waals surface area contributed by atoms with Gasteiger partial charge < -0.3 is 9.84 Å². The molecular weight excluding hydrogens is 487 g/mol. The van der Waals surface area contributed by atoms with Crippen molar-refractivity contribution >= 4 is 33.7 Å². The number of carbonyl (C=O) groups is 1. The number of halogens is 4. The summed E-state index contributed by atoms with van der Waals surface area (Å²) in [7, 11) is 0. The predicted molar refractivity (Wildman–Crippen MR) is 109 cm³/mol. The molecule has 158 valence electrons. The van der Waals surface area contributed by atoms with Crippen LogP contribution >= 0.6 is 27.7 Å². The third-order valence-electron chi connectivity index (χ3n) is 4.30. The zero-order valence-electron chi connectivity index (χ0n) is 15.7. The van der Waals surface area contributed by atoms with Gasteiger partial charge in [0.25, 0.3) is 4.93 Å². The number of hydrogen-bond donors (Lipinski definition) is 1. The van der Waals surface area contributed by atoms with Crippen molar-refractivity contribution in [3.8, 4) is 22.8 Å². The van der Waals surface area contributed by atoms with E-state index in [0.717, 1.165) is 46.9 Å². The highest BCUT2D eigenvalue weighted by molar-refractivity contribution is 9.10. The maximum absolute atomic E-state index is 14.5. The van der Waals surface area contributed by atoms with Crippen LogP contribution in [0.3, 0.4) is 0 Å². The summed E-state index contributed by atoms with van der Waals surface area (Å²) in [5.74, 6) is -3.59. The van der Waals surface area contributed by atoms with Crippen LogP contribution in [-0.2, 0) is 4.79 Å². The molecule has 0 saturated heterocycles. The Morgan fingerprint density at radius 3 is 2.60 bits per heavy atom. The Hall–Kier alpha value is -2.53. The third kappa shape index (κ3) is 4.04. The van der Waals surface area contributed by atoms with Gasteiger partial charge in [0, 0.05) is 24.2 Å². The molecule has 0 saturated carbocycles. The average molecular weight is 502 g/mol. The lowest BCUT2D eigenvalue weighted by molar-refractivity contribution is -0.147. The summed E-state index contributed by atoms with van der Waals surface area (Å²) in [5.41, 5.74) is 0.0267. The van der Waals surface area contributed by atoms with Gasteiger partial charge in [-0.1, -0.05) is 6.92 Å². The predicted octanol–water partition coefficient (Wildman–Crippen LogP) is 5.05. The van der Waals surface area contributed by atoms with E-state index >= 15 is 0 Å². The summed E-state index contributed by atoms with van der Waals surface area (Å²) in [6.07, 6.45) is 3.94. The minimum Gasteiger partial charge on any atom is -0.478 e. The number of pyridine rings is 1. The van der Waals surface area contributed by atoms with E-state index in [-0.39, 0.29) is 33.7 Å². The zero-order valence-corrected chi connectivity index (χ0v) is 18.1. The first-order valence-electron chi connectivity index (χ1n) is 8.54. The van der Waals surface area contributed by atoms with E-state index in [2.05, 4.69) is 26.0 Å². The monoisotopic (exact) mass is 501 g/mol. The first kappa shape index (κ1) is 22.2. The Kier molecular flexibility index (Phi) is 6.41. The highest BCUT2D eigenvalue weighted by atomic mass is 79.9. The van der Waals surface area contributed by atoms with E-state index in [1.807, 2.05) is 0 Å². The van der Waals surface area contributed by atoms with Gasteiger partial charge in [0.2, 0.25) is 5.88 Å². The van der Waals surface area contributed by atoms with E-state index in [4.69, 9.17) is 4.74 Å². The van der Waals surface area contributed by atoms with Crippen LogP contribution in [0, 0.1) is 17.5 Å². The molecule has 1 unspecified atom stereocenters. The normalized spacial score (nSPS) is 13.1. The summed E-state index contributed by atoms with van der Waals surface area (Å²) in [5, 5.41) is 13.8. The van der Waals surface area contributed by atoms with Crippen molar-refractivity contribution in [1.82, 2.24) is 14.8 Å². The Morgan fingerprint density at radius 2 is 2.00 bits per heavy atom. The van der Waals surface area contributed by atoms with Crippen LogP contribution < -0.4 is 4.74 Å². The number of aliphatic carboxylic acids is 1. The number of carboxylic acid groups (broad SMARTS) is 1. The molecule has 0 fully saturated rings. The van der Waals surface area contributed by atoms with Crippen LogP contribution in [0.4, 0.5) is 13.2 Å². The minimum atomic E-state index is -1.67.